The largest absolute Gasteiger partial charge is 0.494 e. The summed E-state index contributed by atoms with van der Waals surface area (Å²) >= 11 is 0. The van der Waals surface area contributed by atoms with Gasteiger partial charge in [-0.2, -0.15) is 0 Å². The van der Waals surface area contributed by atoms with Crippen molar-refractivity contribution in [3.8, 4) is 5.75 Å². The second-order valence-corrected chi connectivity index (χ2v) is 6.34. The summed E-state index contributed by atoms with van der Waals surface area (Å²) in [6.07, 6.45) is 0.723. The zero-order chi connectivity index (χ0) is 19.1. The molecule has 0 fully saturated rings. The smallest absolute Gasteiger partial charge is 0.305 e. The average molecular weight is 355 g/mol. The molecule has 0 aliphatic carbocycles. The van der Waals surface area contributed by atoms with Gasteiger partial charge in [-0.05, 0) is 61.2 Å². The monoisotopic (exact) mass is 355 g/mol. The molecule has 0 aliphatic heterocycles. The van der Waals surface area contributed by atoms with Crippen LogP contribution in [0.5, 0.6) is 5.75 Å². The third-order valence-electron chi connectivity index (χ3n) is 4.21. The summed E-state index contributed by atoms with van der Waals surface area (Å²) in [5.41, 5.74) is 3.37. The van der Waals surface area contributed by atoms with Crippen LogP contribution in [0.2, 0.25) is 0 Å². The summed E-state index contributed by atoms with van der Waals surface area (Å²) in [6.45, 7) is 6.57. The first-order chi connectivity index (χ1) is 12.4. The minimum absolute atomic E-state index is 0.189. The van der Waals surface area contributed by atoms with Crippen molar-refractivity contribution in [2.45, 2.75) is 39.7 Å². The van der Waals surface area contributed by atoms with Crippen LogP contribution < -0.4 is 10.1 Å². The molecular formula is C21H25NO4. The lowest BCUT2D eigenvalue weighted by Gasteiger charge is -2.18. The van der Waals surface area contributed by atoms with Crippen molar-refractivity contribution in [2.75, 3.05) is 6.61 Å². The molecule has 2 aromatic carbocycles. The van der Waals surface area contributed by atoms with E-state index in [1.54, 1.807) is 30.3 Å². The Kier molecular flexibility index (Phi) is 6.78. The highest BCUT2D eigenvalue weighted by Crippen LogP contribution is 2.22. The van der Waals surface area contributed by atoms with Crippen LogP contribution in [0.4, 0.5) is 0 Å². The Morgan fingerprint density at radius 1 is 1.08 bits per heavy atom. The molecule has 5 nitrogen and oxygen atoms in total. The van der Waals surface area contributed by atoms with E-state index in [2.05, 4.69) is 5.32 Å². The van der Waals surface area contributed by atoms with Crippen molar-refractivity contribution in [1.29, 1.82) is 0 Å². The number of nitrogens with one attached hydrogen (secondary N) is 1. The molecule has 0 heterocycles. The van der Waals surface area contributed by atoms with E-state index in [4.69, 9.17) is 4.74 Å². The number of carboxylic acids is 1. The van der Waals surface area contributed by atoms with Gasteiger partial charge in [-0.15, -0.1) is 0 Å². The van der Waals surface area contributed by atoms with Gasteiger partial charge < -0.3 is 15.2 Å². The molecule has 1 atom stereocenters. The maximum atomic E-state index is 12.6. The Labute approximate surface area is 154 Å². The van der Waals surface area contributed by atoms with E-state index in [-0.39, 0.29) is 12.3 Å². The van der Waals surface area contributed by atoms with E-state index in [1.165, 1.54) is 0 Å². The summed E-state index contributed by atoms with van der Waals surface area (Å²) in [5, 5.41) is 12.0. The van der Waals surface area contributed by atoms with Gasteiger partial charge in [-0.25, -0.2) is 0 Å². The van der Waals surface area contributed by atoms with Gasteiger partial charge in [0.2, 0.25) is 0 Å². The molecular weight excluding hydrogens is 330 g/mol. The third kappa shape index (κ3) is 5.34. The molecule has 0 saturated carbocycles. The summed E-state index contributed by atoms with van der Waals surface area (Å²) in [7, 11) is 0. The molecule has 0 spiro atoms. The number of carbonyl (C=O) groups excluding carboxylic acids is 1. The second-order valence-electron chi connectivity index (χ2n) is 6.34. The number of hydrogen-bond donors (Lipinski definition) is 2. The molecule has 26 heavy (non-hydrogen) atoms. The van der Waals surface area contributed by atoms with Crippen LogP contribution in [0.15, 0.2) is 42.5 Å². The first-order valence-corrected chi connectivity index (χ1v) is 8.73. The van der Waals surface area contributed by atoms with Crippen LogP contribution >= 0.6 is 0 Å². The molecule has 138 valence electrons. The predicted octanol–water partition coefficient (Wildman–Crippen LogP) is 4.04. The number of aliphatic carboxylic acids is 1. The van der Waals surface area contributed by atoms with Gasteiger partial charge in [0.25, 0.3) is 5.91 Å². The quantitative estimate of drug-likeness (QED) is 0.749. The molecule has 0 unspecified atom stereocenters. The summed E-state index contributed by atoms with van der Waals surface area (Å²) in [6, 6.07) is 12.0. The van der Waals surface area contributed by atoms with E-state index >= 15 is 0 Å². The Bertz CT molecular complexity index is 768. The maximum absolute atomic E-state index is 12.6. The summed E-state index contributed by atoms with van der Waals surface area (Å²) < 4.78 is 5.54. The number of benzene rings is 2. The van der Waals surface area contributed by atoms with Gasteiger partial charge in [-0.1, -0.05) is 25.1 Å². The highest BCUT2D eigenvalue weighted by molar-refractivity contribution is 5.95. The van der Waals surface area contributed by atoms with E-state index < -0.39 is 12.0 Å². The van der Waals surface area contributed by atoms with Crippen molar-refractivity contribution < 1.29 is 19.4 Å². The van der Waals surface area contributed by atoms with E-state index in [0.717, 1.165) is 28.9 Å². The lowest BCUT2D eigenvalue weighted by atomic mass is 10.0. The van der Waals surface area contributed by atoms with Gasteiger partial charge in [0.15, 0.2) is 0 Å². The van der Waals surface area contributed by atoms with E-state index in [0.29, 0.717) is 12.2 Å². The zero-order valence-electron chi connectivity index (χ0n) is 15.4. The molecule has 5 heteroatoms. The first-order valence-electron chi connectivity index (χ1n) is 8.73. The first kappa shape index (κ1) is 19.5. The fourth-order valence-electron chi connectivity index (χ4n) is 2.57. The minimum Gasteiger partial charge on any atom is -0.494 e. The summed E-state index contributed by atoms with van der Waals surface area (Å²) in [4.78, 5) is 23.8. The second kappa shape index (κ2) is 9.04. The molecule has 0 aliphatic rings. The van der Waals surface area contributed by atoms with Gasteiger partial charge in [-0.3, -0.25) is 9.59 Å². The number of amides is 1. The van der Waals surface area contributed by atoms with Crippen LogP contribution in [-0.4, -0.2) is 23.6 Å². The van der Waals surface area contributed by atoms with Crippen molar-refractivity contribution in [2.24, 2.45) is 0 Å². The number of ether oxygens (including phenoxy) is 1. The van der Waals surface area contributed by atoms with Crippen LogP contribution in [0, 0.1) is 13.8 Å². The number of rotatable bonds is 8. The molecule has 0 aromatic heterocycles. The lowest BCUT2D eigenvalue weighted by molar-refractivity contribution is -0.137. The van der Waals surface area contributed by atoms with Crippen LogP contribution in [0.25, 0.3) is 0 Å². The predicted molar refractivity (Wildman–Crippen MR) is 101 cm³/mol. The zero-order valence-corrected chi connectivity index (χ0v) is 15.4. The van der Waals surface area contributed by atoms with E-state index in [1.807, 2.05) is 32.9 Å². The number of carboxylic acid groups (broad SMARTS) is 1. The molecule has 0 bridgehead atoms. The average Bonchev–Trinajstić information content (AvgIpc) is 2.61. The Morgan fingerprint density at radius 3 is 2.35 bits per heavy atom. The van der Waals surface area contributed by atoms with Crippen molar-refractivity contribution in [1.82, 2.24) is 5.32 Å². The fourth-order valence-corrected chi connectivity index (χ4v) is 2.57. The molecule has 2 aromatic rings. The van der Waals surface area contributed by atoms with Crippen LogP contribution in [0.3, 0.4) is 0 Å². The normalized spacial score (nSPS) is 11.7. The highest BCUT2D eigenvalue weighted by Gasteiger charge is 2.19. The number of carbonyl (C=O) groups is 2. The topological polar surface area (TPSA) is 75.6 Å². The van der Waals surface area contributed by atoms with Crippen molar-refractivity contribution in [3.63, 3.8) is 0 Å². The minimum atomic E-state index is -0.971. The standard InChI is InChI=1S/C21H25NO4/c1-4-11-26-18-9-7-16(8-10-18)19(13-20(23)24)22-21(25)17-6-5-14(2)15(3)12-17/h5-10,12,19H,4,11,13H2,1-3H3,(H,22,25)(H,23,24)/t19-/m1/s1. The Morgan fingerprint density at radius 2 is 1.77 bits per heavy atom. The number of aryl methyl sites for hydroxylation is 2. The van der Waals surface area contributed by atoms with Gasteiger partial charge in [0.1, 0.15) is 5.75 Å². The number of hydrogen-bond acceptors (Lipinski definition) is 3. The van der Waals surface area contributed by atoms with Gasteiger partial charge in [0, 0.05) is 5.56 Å². The third-order valence-corrected chi connectivity index (χ3v) is 4.21. The fraction of sp³-hybridized carbons (Fsp3) is 0.333. The van der Waals surface area contributed by atoms with Crippen molar-refractivity contribution >= 4 is 11.9 Å². The van der Waals surface area contributed by atoms with E-state index in [9.17, 15) is 14.7 Å². The molecule has 2 N–H and O–H groups in total. The lowest BCUT2D eigenvalue weighted by Crippen LogP contribution is -2.30. The maximum Gasteiger partial charge on any atom is 0.305 e. The van der Waals surface area contributed by atoms with Crippen LogP contribution in [0.1, 0.15) is 52.9 Å². The van der Waals surface area contributed by atoms with Crippen molar-refractivity contribution in [3.05, 3.63) is 64.7 Å². The Balaban J connectivity index is 2.17. The summed E-state index contributed by atoms with van der Waals surface area (Å²) in [5.74, 6) is -0.530. The molecule has 1 amide bonds. The highest BCUT2D eigenvalue weighted by atomic mass is 16.5. The van der Waals surface area contributed by atoms with Gasteiger partial charge in [0.05, 0.1) is 19.1 Å². The van der Waals surface area contributed by atoms with Gasteiger partial charge >= 0.3 is 5.97 Å². The molecule has 0 saturated heterocycles. The SMILES string of the molecule is CCCOc1ccc([C@@H](CC(=O)O)NC(=O)c2ccc(C)c(C)c2)cc1. The molecule has 0 radical (unpaired) electrons. The molecule has 2 rings (SSSR count). The van der Waals surface area contributed by atoms with Crippen LogP contribution in [-0.2, 0) is 4.79 Å². The Hall–Kier alpha value is -2.82.